The van der Waals surface area contributed by atoms with Crippen molar-refractivity contribution >= 4 is 48.8 Å². The van der Waals surface area contributed by atoms with Gasteiger partial charge in [-0.05, 0) is 35.9 Å². The van der Waals surface area contributed by atoms with Crippen molar-refractivity contribution < 1.29 is 39.7 Å². The number of oxazole rings is 1. The van der Waals surface area contributed by atoms with Crippen molar-refractivity contribution in [1.29, 1.82) is 0 Å². The maximum atomic E-state index is 11.5. The van der Waals surface area contributed by atoms with E-state index in [1.807, 2.05) is 83.2 Å². The van der Waals surface area contributed by atoms with Gasteiger partial charge in [-0.15, -0.1) is 0 Å². The van der Waals surface area contributed by atoms with E-state index in [-0.39, 0.29) is 36.2 Å². The fourth-order valence-corrected chi connectivity index (χ4v) is 7.12. The van der Waals surface area contributed by atoms with Crippen LogP contribution in [-0.2, 0) is 26.8 Å². The molecule has 2 atom stereocenters. The van der Waals surface area contributed by atoms with E-state index in [4.69, 9.17) is 9.15 Å². The van der Waals surface area contributed by atoms with Crippen molar-refractivity contribution in [2.45, 2.75) is 38.6 Å². The average Bonchev–Trinajstić information content (AvgIpc) is 3.53. The molecule has 1 aliphatic heterocycles. The second kappa shape index (κ2) is 12.4. The lowest BCUT2D eigenvalue weighted by Crippen LogP contribution is -2.42. The highest BCUT2D eigenvalue weighted by atomic mass is 32.2. The summed E-state index contributed by atoms with van der Waals surface area (Å²) in [4.78, 5) is 1.94. The van der Waals surface area contributed by atoms with Crippen LogP contribution in [0.2, 0.25) is 0 Å². The first-order valence-electron chi connectivity index (χ1n) is 14.9. The van der Waals surface area contributed by atoms with Crippen LogP contribution in [0.1, 0.15) is 49.4 Å². The average molecular weight is 652 g/mol. The highest BCUT2D eigenvalue weighted by Gasteiger charge is 2.38. The zero-order valence-corrected chi connectivity index (χ0v) is 26.4. The molecule has 2 unspecified atom stereocenters. The van der Waals surface area contributed by atoms with Crippen LogP contribution in [0, 0.1) is 5.92 Å². The predicted octanol–water partition coefficient (Wildman–Crippen LogP) is 5.66. The van der Waals surface area contributed by atoms with Gasteiger partial charge in [0.15, 0.2) is 12.3 Å². The molecular formula is C33H35N2O8S2+. The molecule has 2 heterocycles. The number of rotatable bonds is 11. The Bertz CT molecular complexity index is 2000. The van der Waals surface area contributed by atoms with E-state index in [0.717, 1.165) is 27.7 Å². The van der Waals surface area contributed by atoms with Gasteiger partial charge in [0, 0.05) is 30.3 Å². The van der Waals surface area contributed by atoms with Gasteiger partial charge in [-0.1, -0.05) is 67.6 Å². The van der Waals surface area contributed by atoms with E-state index in [0.29, 0.717) is 42.8 Å². The second-order valence-electron chi connectivity index (χ2n) is 11.3. The Morgan fingerprint density at radius 1 is 0.978 bits per heavy atom. The minimum atomic E-state index is -4.14. The van der Waals surface area contributed by atoms with E-state index < -0.39 is 20.2 Å². The maximum absolute atomic E-state index is 11.5. The summed E-state index contributed by atoms with van der Waals surface area (Å²) in [6.45, 7) is 2.61. The molecule has 1 aromatic heterocycles. The van der Waals surface area contributed by atoms with Gasteiger partial charge >= 0.3 is 5.89 Å². The molecule has 0 bridgehead atoms. The zero-order valence-electron chi connectivity index (χ0n) is 24.7. The third kappa shape index (κ3) is 6.84. The first kappa shape index (κ1) is 31.0. The van der Waals surface area contributed by atoms with Crippen LogP contribution >= 0.6 is 0 Å². The van der Waals surface area contributed by atoms with Crippen LogP contribution in [0.3, 0.4) is 0 Å². The van der Waals surface area contributed by atoms with Crippen LogP contribution in [-0.4, -0.2) is 44.0 Å². The molecule has 2 N–H and O–H groups in total. The predicted molar refractivity (Wildman–Crippen MR) is 173 cm³/mol. The Morgan fingerprint density at radius 3 is 2.51 bits per heavy atom. The lowest BCUT2D eigenvalue weighted by Gasteiger charge is -2.21. The topological polar surface area (TPSA) is 138 Å². The van der Waals surface area contributed by atoms with Gasteiger partial charge in [-0.3, -0.25) is 9.11 Å². The minimum Gasteiger partial charge on any atom is -0.439 e. The standard InChI is InChI=1S/C33H34N2O8S2/c1-2-23(21-30-34(17-7-19-44(36,37)38)32-26-11-5-3-9-24(26)13-15-28(32)42-30)22-31-35(18-8-20-45(39,40)41)33-27-12-6-4-10-25(27)14-16-29(33)43-31/h3-6,9-16,21-22,24,26H,2,7-8,17-20H2,1H3,(H-,36,37,38,39,40,41)/p+1. The molecule has 10 nitrogen and oxygen atoms in total. The summed E-state index contributed by atoms with van der Waals surface area (Å²) in [7, 11) is -8.26. The van der Waals surface area contributed by atoms with Gasteiger partial charge in [-0.2, -0.15) is 21.4 Å². The van der Waals surface area contributed by atoms with Gasteiger partial charge < -0.3 is 14.1 Å². The Kier molecular flexibility index (Phi) is 8.57. The zero-order chi connectivity index (χ0) is 31.8. The van der Waals surface area contributed by atoms with Crippen molar-refractivity contribution in [3.63, 3.8) is 0 Å². The summed E-state index contributed by atoms with van der Waals surface area (Å²) in [5.41, 5.74) is 2.62. The van der Waals surface area contributed by atoms with E-state index in [1.165, 1.54) is 0 Å². The number of allylic oxidation sites excluding steroid dienone is 7. The first-order valence-corrected chi connectivity index (χ1v) is 18.1. The summed E-state index contributed by atoms with van der Waals surface area (Å²) in [5, 5.41) is 1.97. The third-order valence-corrected chi connectivity index (χ3v) is 9.80. The monoisotopic (exact) mass is 651 g/mol. The molecule has 45 heavy (non-hydrogen) atoms. The van der Waals surface area contributed by atoms with Crippen LogP contribution in [0.5, 0.6) is 5.75 Å². The first-order chi connectivity index (χ1) is 21.5. The van der Waals surface area contributed by atoms with Crippen molar-refractivity contribution in [2.75, 3.05) is 23.0 Å². The molecular weight excluding hydrogens is 617 g/mol. The lowest BCUT2D eigenvalue weighted by molar-refractivity contribution is -0.709. The minimum absolute atomic E-state index is 0.0225. The summed E-state index contributed by atoms with van der Waals surface area (Å²) in [6, 6.07) is 11.7. The summed E-state index contributed by atoms with van der Waals surface area (Å²) in [6.07, 6.45) is 17.0. The number of hydrogen-bond acceptors (Lipinski definition) is 7. The molecule has 0 fully saturated rings. The number of fused-ring (bicyclic) bond motifs is 6. The van der Waals surface area contributed by atoms with Crippen LogP contribution in [0.4, 0.5) is 5.69 Å². The van der Waals surface area contributed by atoms with Gasteiger partial charge in [0.25, 0.3) is 20.2 Å². The van der Waals surface area contributed by atoms with Crippen LogP contribution < -0.4 is 14.2 Å². The maximum Gasteiger partial charge on any atom is 0.374 e. The summed E-state index contributed by atoms with van der Waals surface area (Å²) >= 11 is 0. The van der Waals surface area contributed by atoms with Crippen molar-refractivity contribution in [3.05, 3.63) is 102 Å². The number of nitrogens with zero attached hydrogens (tertiary/aromatic N) is 2. The summed E-state index contributed by atoms with van der Waals surface area (Å²) < 4.78 is 79.5. The normalized spacial score (nSPS) is 20.0. The smallest absolute Gasteiger partial charge is 0.374 e. The Balaban J connectivity index is 1.40. The van der Waals surface area contributed by atoms with Crippen LogP contribution in [0.25, 0.3) is 22.9 Å². The quantitative estimate of drug-likeness (QED) is 0.199. The van der Waals surface area contributed by atoms with Gasteiger partial charge in [0.1, 0.15) is 0 Å². The molecule has 6 rings (SSSR count). The van der Waals surface area contributed by atoms with E-state index in [1.54, 1.807) is 0 Å². The van der Waals surface area contributed by atoms with E-state index >= 15 is 0 Å². The van der Waals surface area contributed by atoms with Crippen molar-refractivity contribution in [1.82, 2.24) is 0 Å². The molecule has 0 saturated carbocycles. The molecule has 2 aromatic carbocycles. The summed E-state index contributed by atoms with van der Waals surface area (Å²) in [5.74, 6) is 1.81. The molecule has 0 amide bonds. The van der Waals surface area contributed by atoms with E-state index in [9.17, 15) is 25.9 Å². The Hall–Kier alpha value is -3.97. The highest BCUT2D eigenvalue weighted by molar-refractivity contribution is 7.86. The largest absolute Gasteiger partial charge is 0.439 e. The van der Waals surface area contributed by atoms with Crippen molar-refractivity contribution in [3.8, 4) is 5.75 Å². The molecule has 3 aliphatic rings. The highest BCUT2D eigenvalue weighted by Crippen LogP contribution is 2.45. The number of benzene rings is 2. The number of ether oxygens (including phenoxy) is 1. The van der Waals surface area contributed by atoms with Gasteiger partial charge in [-0.25, -0.2) is 0 Å². The molecule has 0 spiro atoms. The molecule has 0 saturated heterocycles. The van der Waals surface area contributed by atoms with E-state index in [2.05, 4.69) is 18.2 Å². The van der Waals surface area contributed by atoms with Crippen molar-refractivity contribution in [2.24, 2.45) is 5.92 Å². The number of anilines is 1. The number of aromatic nitrogens is 1. The Morgan fingerprint density at radius 2 is 1.73 bits per heavy atom. The Labute approximate surface area is 262 Å². The molecule has 3 aromatic rings. The third-order valence-electron chi connectivity index (χ3n) is 8.19. The molecule has 0 radical (unpaired) electrons. The second-order valence-corrected chi connectivity index (χ2v) is 14.4. The number of hydrogen-bond donors (Lipinski definition) is 2. The lowest BCUT2D eigenvalue weighted by atomic mass is 9.81. The fourth-order valence-electron chi connectivity index (χ4n) is 6.13. The van der Waals surface area contributed by atoms with Gasteiger partial charge in [0.2, 0.25) is 17.3 Å². The molecule has 236 valence electrons. The van der Waals surface area contributed by atoms with Gasteiger partial charge in [0.05, 0.1) is 29.2 Å². The fraction of sp³-hybridized carbons (Fsp3) is 0.303. The van der Waals surface area contributed by atoms with Crippen LogP contribution in [0.15, 0.2) is 88.7 Å². The molecule has 12 heteroatoms. The molecule has 2 aliphatic carbocycles. The SMILES string of the molecule is CCC(=Cc1oc2c([n+]1CCCS(=O)(=O)O)C1C=CC=CC1C=C2)C=C1Oc2ccc3ccccc3c2N1CCCS(=O)(=O)O.